The Morgan fingerprint density at radius 2 is 1.79 bits per heavy atom. The quantitative estimate of drug-likeness (QED) is 0.732. The second-order valence-corrected chi connectivity index (χ2v) is 5.42. The maximum atomic E-state index is 9.52. The highest BCUT2D eigenvalue weighted by Crippen LogP contribution is 2.46. The van der Waals surface area contributed by atoms with Crippen LogP contribution in [0.2, 0.25) is 0 Å². The van der Waals surface area contributed by atoms with Crippen molar-refractivity contribution in [1.29, 1.82) is 0 Å². The third-order valence-electron chi connectivity index (χ3n) is 3.95. The minimum Gasteiger partial charge on any atom is -0.396 e. The van der Waals surface area contributed by atoms with Crippen LogP contribution in [0, 0.1) is 23.2 Å². The van der Waals surface area contributed by atoms with Crippen molar-refractivity contribution in [2.24, 2.45) is 23.2 Å². The molecule has 84 valence electrons. The molecule has 0 amide bonds. The Balaban J connectivity index is 2.81. The van der Waals surface area contributed by atoms with Crippen LogP contribution in [-0.4, -0.2) is 23.4 Å². The number of rotatable bonds is 3. The molecule has 0 heterocycles. The number of hydrogen-bond donors (Lipinski definition) is 2. The summed E-state index contributed by atoms with van der Waals surface area (Å²) in [5, 5.41) is 19.0. The van der Waals surface area contributed by atoms with Gasteiger partial charge in [0.25, 0.3) is 0 Å². The lowest BCUT2D eigenvalue weighted by Gasteiger charge is -2.46. The molecule has 2 heteroatoms. The van der Waals surface area contributed by atoms with Crippen molar-refractivity contribution >= 4 is 0 Å². The molecular formula is C12H24O2. The minimum absolute atomic E-state index is 0.136. The molecule has 1 aliphatic carbocycles. The normalized spacial score (nSPS) is 32.1. The summed E-state index contributed by atoms with van der Waals surface area (Å²) < 4.78 is 0. The Hall–Kier alpha value is -0.0800. The summed E-state index contributed by atoms with van der Waals surface area (Å²) in [5.74, 6) is 1.68. The van der Waals surface area contributed by atoms with E-state index in [1.165, 1.54) is 6.42 Å². The molecule has 0 aromatic heterocycles. The van der Waals surface area contributed by atoms with Gasteiger partial charge in [0, 0.05) is 5.41 Å². The molecule has 0 radical (unpaired) electrons. The van der Waals surface area contributed by atoms with Crippen molar-refractivity contribution in [3.63, 3.8) is 0 Å². The van der Waals surface area contributed by atoms with Crippen molar-refractivity contribution in [2.45, 2.75) is 40.0 Å². The van der Waals surface area contributed by atoms with Gasteiger partial charge < -0.3 is 10.2 Å². The van der Waals surface area contributed by atoms with Crippen molar-refractivity contribution in [2.75, 3.05) is 13.2 Å². The Labute approximate surface area is 87.3 Å². The van der Waals surface area contributed by atoms with Crippen LogP contribution in [0.5, 0.6) is 0 Å². The average molecular weight is 200 g/mol. The maximum absolute atomic E-state index is 9.52. The van der Waals surface area contributed by atoms with Gasteiger partial charge in [-0.25, -0.2) is 0 Å². The predicted octanol–water partition coefficient (Wildman–Crippen LogP) is 2.05. The second-order valence-electron chi connectivity index (χ2n) is 5.42. The van der Waals surface area contributed by atoms with Gasteiger partial charge in [0.15, 0.2) is 0 Å². The summed E-state index contributed by atoms with van der Waals surface area (Å²) in [6, 6.07) is 0. The van der Waals surface area contributed by atoms with E-state index in [9.17, 15) is 10.2 Å². The standard InChI is InChI=1S/C12H24O2/c1-9(2)11-5-4-10(3)6-12(11,7-13)8-14/h9-11,13-14H,4-8H2,1-3H3/t10-,11?/m1/s1. The van der Waals surface area contributed by atoms with Gasteiger partial charge in [0.1, 0.15) is 0 Å². The summed E-state index contributed by atoms with van der Waals surface area (Å²) in [7, 11) is 0. The van der Waals surface area contributed by atoms with Crippen LogP contribution in [0.3, 0.4) is 0 Å². The number of aliphatic hydroxyl groups is 2. The molecule has 1 aliphatic rings. The molecule has 0 aromatic rings. The van der Waals surface area contributed by atoms with E-state index < -0.39 is 0 Å². The van der Waals surface area contributed by atoms with E-state index in [2.05, 4.69) is 20.8 Å². The zero-order valence-electron chi connectivity index (χ0n) is 9.66. The van der Waals surface area contributed by atoms with Crippen LogP contribution >= 0.6 is 0 Å². The molecule has 0 bridgehead atoms. The molecule has 0 spiro atoms. The van der Waals surface area contributed by atoms with Gasteiger partial charge in [-0.1, -0.05) is 27.2 Å². The third-order valence-corrected chi connectivity index (χ3v) is 3.95. The molecule has 0 aliphatic heterocycles. The van der Waals surface area contributed by atoms with E-state index in [0.29, 0.717) is 17.8 Å². The lowest BCUT2D eigenvalue weighted by molar-refractivity contribution is -0.0568. The smallest absolute Gasteiger partial charge is 0.0512 e. The van der Waals surface area contributed by atoms with Gasteiger partial charge in [-0.3, -0.25) is 0 Å². The van der Waals surface area contributed by atoms with Crippen molar-refractivity contribution in [1.82, 2.24) is 0 Å². The first-order valence-electron chi connectivity index (χ1n) is 5.77. The van der Waals surface area contributed by atoms with Crippen LogP contribution in [0.25, 0.3) is 0 Å². The summed E-state index contributed by atoms with van der Waals surface area (Å²) in [5.41, 5.74) is -0.216. The number of hydrogen-bond acceptors (Lipinski definition) is 2. The molecule has 2 atom stereocenters. The summed E-state index contributed by atoms with van der Waals surface area (Å²) in [6.07, 6.45) is 3.37. The monoisotopic (exact) mass is 200 g/mol. The van der Waals surface area contributed by atoms with Crippen LogP contribution in [-0.2, 0) is 0 Å². The molecule has 0 aromatic carbocycles. The molecule has 2 N–H and O–H groups in total. The Bertz CT molecular complexity index is 173. The first-order valence-corrected chi connectivity index (χ1v) is 5.77. The van der Waals surface area contributed by atoms with Crippen molar-refractivity contribution < 1.29 is 10.2 Å². The predicted molar refractivity (Wildman–Crippen MR) is 57.9 cm³/mol. The third kappa shape index (κ3) is 2.12. The fourth-order valence-electron chi connectivity index (χ4n) is 3.17. The Kier molecular flexibility index (Phi) is 3.96. The SMILES string of the molecule is CC(C)C1CC[C@@H](C)CC1(CO)CO. The zero-order valence-corrected chi connectivity index (χ0v) is 9.66. The van der Waals surface area contributed by atoms with E-state index in [-0.39, 0.29) is 18.6 Å². The molecule has 14 heavy (non-hydrogen) atoms. The highest BCUT2D eigenvalue weighted by atomic mass is 16.3. The fraction of sp³-hybridized carbons (Fsp3) is 1.00. The first kappa shape index (κ1) is 12.0. The van der Waals surface area contributed by atoms with Gasteiger partial charge >= 0.3 is 0 Å². The average Bonchev–Trinajstić information content (AvgIpc) is 2.16. The van der Waals surface area contributed by atoms with Gasteiger partial charge in [-0.15, -0.1) is 0 Å². The maximum Gasteiger partial charge on any atom is 0.0512 e. The van der Waals surface area contributed by atoms with Gasteiger partial charge in [0.05, 0.1) is 13.2 Å². The van der Waals surface area contributed by atoms with Gasteiger partial charge in [-0.2, -0.15) is 0 Å². The highest BCUT2D eigenvalue weighted by molar-refractivity contribution is 4.92. The molecule has 1 unspecified atom stereocenters. The largest absolute Gasteiger partial charge is 0.396 e. The summed E-state index contributed by atoms with van der Waals surface area (Å²) in [4.78, 5) is 0. The Morgan fingerprint density at radius 3 is 2.21 bits per heavy atom. The topological polar surface area (TPSA) is 40.5 Å². The summed E-state index contributed by atoms with van der Waals surface area (Å²) >= 11 is 0. The molecule has 1 saturated carbocycles. The van der Waals surface area contributed by atoms with E-state index >= 15 is 0 Å². The van der Waals surface area contributed by atoms with Crippen LogP contribution in [0.15, 0.2) is 0 Å². The molecule has 2 nitrogen and oxygen atoms in total. The molecule has 1 fully saturated rings. The molecular weight excluding hydrogens is 176 g/mol. The lowest BCUT2D eigenvalue weighted by Crippen LogP contribution is -2.44. The van der Waals surface area contributed by atoms with Crippen LogP contribution < -0.4 is 0 Å². The summed E-state index contributed by atoms with van der Waals surface area (Å²) in [6.45, 7) is 6.88. The molecule has 1 rings (SSSR count). The van der Waals surface area contributed by atoms with Crippen molar-refractivity contribution in [3.8, 4) is 0 Å². The highest BCUT2D eigenvalue weighted by Gasteiger charge is 2.43. The second kappa shape index (κ2) is 4.63. The van der Waals surface area contributed by atoms with Crippen molar-refractivity contribution in [3.05, 3.63) is 0 Å². The van der Waals surface area contributed by atoms with Gasteiger partial charge in [-0.05, 0) is 30.6 Å². The van der Waals surface area contributed by atoms with Crippen LogP contribution in [0.4, 0.5) is 0 Å². The zero-order chi connectivity index (χ0) is 10.8. The van der Waals surface area contributed by atoms with E-state index in [0.717, 1.165) is 12.8 Å². The Morgan fingerprint density at radius 1 is 1.21 bits per heavy atom. The van der Waals surface area contributed by atoms with E-state index in [1.807, 2.05) is 0 Å². The molecule has 0 saturated heterocycles. The fourth-order valence-corrected chi connectivity index (χ4v) is 3.17. The first-order chi connectivity index (χ1) is 6.55. The van der Waals surface area contributed by atoms with Gasteiger partial charge in [0.2, 0.25) is 0 Å². The minimum atomic E-state index is -0.216. The lowest BCUT2D eigenvalue weighted by atomic mass is 9.60. The van der Waals surface area contributed by atoms with E-state index in [4.69, 9.17) is 0 Å². The number of aliphatic hydroxyl groups excluding tert-OH is 2. The van der Waals surface area contributed by atoms with E-state index in [1.54, 1.807) is 0 Å². The van der Waals surface area contributed by atoms with Crippen LogP contribution in [0.1, 0.15) is 40.0 Å².